The van der Waals surface area contributed by atoms with Crippen molar-refractivity contribution in [2.45, 2.75) is 6.42 Å². The van der Waals surface area contributed by atoms with Gasteiger partial charge in [-0.25, -0.2) is 0 Å². The van der Waals surface area contributed by atoms with Crippen molar-refractivity contribution in [2.75, 3.05) is 18.6 Å². The van der Waals surface area contributed by atoms with Gasteiger partial charge in [-0.15, -0.1) is 0 Å². The van der Waals surface area contributed by atoms with Crippen LogP contribution in [0.3, 0.4) is 0 Å². The molecule has 0 atom stereocenters. The Hall–Kier alpha value is -2.34. The molecule has 1 aromatic heterocycles. The maximum absolute atomic E-state index is 11.8. The Labute approximate surface area is 127 Å². The number of carbonyl (C=O) groups excluding carboxylic acids is 2. The third kappa shape index (κ3) is 4.61. The van der Waals surface area contributed by atoms with Crippen LogP contribution in [0.2, 0.25) is 0 Å². The predicted molar refractivity (Wildman–Crippen MR) is 84.3 cm³/mol. The van der Waals surface area contributed by atoms with Crippen molar-refractivity contribution in [1.29, 1.82) is 0 Å². The summed E-state index contributed by atoms with van der Waals surface area (Å²) < 4.78 is 0. The first-order chi connectivity index (χ1) is 10.2. The summed E-state index contributed by atoms with van der Waals surface area (Å²) in [7, 11) is 1.77. The minimum Gasteiger partial charge on any atom is -0.351 e. The number of carbonyl (C=O) groups is 2. The quantitative estimate of drug-likeness (QED) is 0.803. The molecule has 2 N–H and O–H groups in total. The standard InChI is InChI=1S/C15H17N3O2S/c1-18(13-5-3-2-4-6-13)17-14(19)7-9-16-15(20)12-8-10-21-11-12/h2-6,8,10-11H,7,9H2,1H3,(H,16,20)(H,17,19). The molecule has 2 amide bonds. The molecule has 21 heavy (non-hydrogen) atoms. The summed E-state index contributed by atoms with van der Waals surface area (Å²) in [6.45, 7) is 0.309. The van der Waals surface area contributed by atoms with E-state index in [-0.39, 0.29) is 18.2 Å². The minimum atomic E-state index is -0.152. The fourth-order valence-electron chi connectivity index (χ4n) is 1.74. The second-order valence-corrected chi connectivity index (χ2v) is 5.23. The van der Waals surface area contributed by atoms with Crippen LogP contribution in [-0.4, -0.2) is 25.4 Å². The topological polar surface area (TPSA) is 61.4 Å². The van der Waals surface area contributed by atoms with Gasteiger partial charge in [0, 0.05) is 31.0 Å². The highest BCUT2D eigenvalue weighted by Crippen LogP contribution is 2.08. The van der Waals surface area contributed by atoms with Gasteiger partial charge in [-0.05, 0) is 23.6 Å². The molecule has 0 spiro atoms. The van der Waals surface area contributed by atoms with Crippen LogP contribution in [0.25, 0.3) is 0 Å². The number of nitrogens with one attached hydrogen (secondary N) is 2. The molecule has 6 heteroatoms. The summed E-state index contributed by atoms with van der Waals surface area (Å²) >= 11 is 1.47. The van der Waals surface area contributed by atoms with Crippen LogP contribution in [0.15, 0.2) is 47.2 Å². The molecule has 0 aliphatic rings. The molecule has 2 aromatic rings. The number of hydrogen-bond donors (Lipinski definition) is 2. The van der Waals surface area contributed by atoms with E-state index in [0.29, 0.717) is 12.1 Å². The lowest BCUT2D eigenvalue weighted by Gasteiger charge is -2.20. The molecule has 0 saturated carbocycles. The largest absolute Gasteiger partial charge is 0.351 e. The van der Waals surface area contributed by atoms with Gasteiger partial charge < -0.3 is 5.32 Å². The maximum Gasteiger partial charge on any atom is 0.252 e. The average Bonchev–Trinajstić information content (AvgIpc) is 3.02. The number of benzene rings is 1. The Bertz CT molecular complexity index is 584. The van der Waals surface area contributed by atoms with Gasteiger partial charge >= 0.3 is 0 Å². The molecule has 0 aliphatic heterocycles. The van der Waals surface area contributed by atoms with E-state index in [1.165, 1.54) is 11.3 Å². The van der Waals surface area contributed by atoms with Crippen LogP contribution in [0.5, 0.6) is 0 Å². The van der Waals surface area contributed by atoms with Gasteiger partial charge in [0.15, 0.2) is 0 Å². The molecule has 0 bridgehead atoms. The summed E-state index contributed by atoms with van der Waals surface area (Å²) in [5.74, 6) is -0.299. The van der Waals surface area contributed by atoms with E-state index in [4.69, 9.17) is 0 Å². The lowest BCUT2D eigenvalue weighted by Crippen LogP contribution is -2.40. The first kappa shape index (κ1) is 15.1. The molecule has 0 saturated heterocycles. The Morgan fingerprint density at radius 3 is 2.62 bits per heavy atom. The predicted octanol–water partition coefficient (Wildman–Crippen LogP) is 2.04. The first-order valence-electron chi connectivity index (χ1n) is 6.55. The summed E-state index contributed by atoms with van der Waals surface area (Å²) in [6, 6.07) is 11.3. The van der Waals surface area contributed by atoms with Gasteiger partial charge in [0.2, 0.25) is 5.91 Å². The number of rotatable bonds is 6. The van der Waals surface area contributed by atoms with Crippen LogP contribution >= 0.6 is 11.3 Å². The van der Waals surface area contributed by atoms with Crippen molar-refractivity contribution in [1.82, 2.24) is 10.7 Å². The van der Waals surface area contributed by atoms with Crippen molar-refractivity contribution in [3.05, 3.63) is 52.7 Å². The van der Waals surface area contributed by atoms with Gasteiger partial charge in [-0.2, -0.15) is 11.3 Å². The highest BCUT2D eigenvalue weighted by molar-refractivity contribution is 7.08. The lowest BCUT2D eigenvalue weighted by atomic mass is 10.3. The molecule has 110 valence electrons. The van der Waals surface area contributed by atoms with E-state index in [9.17, 15) is 9.59 Å². The lowest BCUT2D eigenvalue weighted by molar-refractivity contribution is -0.121. The van der Waals surface area contributed by atoms with Crippen molar-refractivity contribution in [2.24, 2.45) is 0 Å². The van der Waals surface area contributed by atoms with E-state index >= 15 is 0 Å². The van der Waals surface area contributed by atoms with E-state index in [0.717, 1.165) is 5.69 Å². The molecule has 5 nitrogen and oxygen atoms in total. The van der Waals surface area contributed by atoms with Crippen molar-refractivity contribution < 1.29 is 9.59 Å². The van der Waals surface area contributed by atoms with Crippen LogP contribution in [-0.2, 0) is 4.79 Å². The SMILES string of the molecule is CN(NC(=O)CCNC(=O)c1ccsc1)c1ccccc1. The van der Waals surface area contributed by atoms with E-state index < -0.39 is 0 Å². The van der Waals surface area contributed by atoms with E-state index in [1.54, 1.807) is 23.5 Å². The third-order valence-corrected chi connectivity index (χ3v) is 3.54. The second kappa shape index (κ2) is 7.44. The van der Waals surface area contributed by atoms with Gasteiger partial charge in [0.05, 0.1) is 5.69 Å². The van der Waals surface area contributed by atoms with Gasteiger partial charge in [0.25, 0.3) is 5.91 Å². The van der Waals surface area contributed by atoms with E-state index in [1.807, 2.05) is 35.7 Å². The molecule has 0 unspecified atom stereocenters. The molecule has 0 radical (unpaired) electrons. The van der Waals surface area contributed by atoms with Crippen molar-refractivity contribution >= 4 is 28.8 Å². The normalized spacial score (nSPS) is 9.95. The Balaban J connectivity index is 1.71. The molecule has 0 fully saturated rings. The van der Waals surface area contributed by atoms with Crippen LogP contribution in [0.1, 0.15) is 16.8 Å². The Morgan fingerprint density at radius 1 is 1.19 bits per heavy atom. The highest BCUT2D eigenvalue weighted by atomic mass is 32.1. The summed E-state index contributed by atoms with van der Waals surface area (Å²) in [6.07, 6.45) is 0.229. The number of amides is 2. The maximum atomic E-state index is 11.8. The number of para-hydroxylation sites is 1. The van der Waals surface area contributed by atoms with Crippen molar-refractivity contribution in [3.63, 3.8) is 0 Å². The summed E-state index contributed by atoms with van der Waals surface area (Å²) in [4.78, 5) is 23.5. The molecular weight excluding hydrogens is 286 g/mol. The minimum absolute atomic E-state index is 0.146. The Kier molecular flexibility index (Phi) is 5.34. The number of anilines is 1. The number of hydrazine groups is 1. The Morgan fingerprint density at radius 2 is 1.95 bits per heavy atom. The molecule has 2 rings (SSSR count). The van der Waals surface area contributed by atoms with Crippen LogP contribution < -0.4 is 15.8 Å². The zero-order valence-electron chi connectivity index (χ0n) is 11.7. The van der Waals surface area contributed by atoms with Gasteiger partial charge in [-0.3, -0.25) is 20.0 Å². The van der Waals surface area contributed by atoms with Gasteiger partial charge in [-0.1, -0.05) is 18.2 Å². The van der Waals surface area contributed by atoms with Crippen molar-refractivity contribution in [3.8, 4) is 0 Å². The van der Waals surface area contributed by atoms with Crippen LogP contribution in [0, 0.1) is 0 Å². The third-order valence-electron chi connectivity index (χ3n) is 2.86. The monoisotopic (exact) mass is 303 g/mol. The molecule has 1 aromatic carbocycles. The number of thiophene rings is 1. The number of hydrogen-bond acceptors (Lipinski definition) is 4. The molecule has 0 aliphatic carbocycles. The summed E-state index contributed by atoms with van der Waals surface area (Å²) in [5.41, 5.74) is 4.27. The average molecular weight is 303 g/mol. The van der Waals surface area contributed by atoms with Crippen LogP contribution in [0.4, 0.5) is 5.69 Å². The highest BCUT2D eigenvalue weighted by Gasteiger charge is 2.08. The van der Waals surface area contributed by atoms with E-state index in [2.05, 4.69) is 10.7 Å². The van der Waals surface area contributed by atoms with Gasteiger partial charge in [0.1, 0.15) is 0 Å². The molecule has 1 heterocycles. The summed E-state index contributed by atoms with van der Waals surface area (Å²) in [5, 5.41) is 7.99. The smallest absolute Gasteiger partial charge is 0.252 e. The second-order valence-electron chi connectivity index (χ2n) is 4.45. The fraction of sp³-hybridized carbons (Fsp3) is 0.200. The molecular formula is C15H17N3O2S. The number of nitrogens with zero attached hydrogens (tertiary/aromatic N) is 1. The zero-order valence-corrected chi connectivity index (χ0v) is 12.5. The first-order valence-corrected chi connectivity index (χ1v) is 7.50. The zero-order chi connectivity index (χ0) is 15.1. The fourth-order valence-corrected chi connectivity index (χ4v) is 2.38.